The van der Waals surface area contributed by atoms with Crippen molar-refractivity contribution in [1.82, 2.24) is 5.32 Å². The van der Waals surface area contributed by atoms with Gasteiger partial charge >= 0.3 is 0 Å². The lowest BCUT2D eigenvalue weighted by molar-refractivity contribution is 0.0723. The van der Waals surface area contributed by atoms with E-state index >= 15 is 0 Å². The van der Waals surface area contributed by atoms with Crippen LogP contribution in [-0.4, -0.2) is 34.9 Å². The number of hydrogen-bond donors (Lipinski definition) is 3. The van der Waals surface area contributed by atoms with Gasteiger partial charge in [-0.3, -0.25) is 4.79 Å². The Bertz CT molecular complexity index is 421. The lowest BCUT2D eigenvalue weighted by Crippen LogP contribution is -2.51. The van der Waals surface area contributed by atoms with E-state index in [9.17, 15) is 9.18 Å². The Kier molecular flexibility index (Phi) is 4.62. The van der Waals surface area contributed by atoms with Gasteiger partial charge in [-0.25, -0.2) is 4.39 Å². The van der Waals surface area contributed by atoms with E-state index in [4.69, 9.17) is 10.2 Å². The molecule has 0 aliphatic carbocycles. The summed E-state index contributed by atoms with van der Waals surface area (Å²) in [4.78, 5) is 11.8. The first kappa shape index (κ1) is 14.1. The van der Waals surface area contributed by atoms with Gasteiger partial charge in [0.2, 0.25) is 0 Å². The van der Waals surface area contributed by atoms with Crippen molar-refractivity contribution in [1.29, 1.82) is 0 Å². The minimum Gasteiger partial charge on any atom is -0.394 e. The third-order valence-electron chi connectivity index (χ3n) is 2.29. The van der Waals surface area contributed by atoms with E-state index in [1.807, 2.05) is 0 Å². The summed E-state index contributed by atoms with van der Waals surface area (Å²) in [6.07, 6.45) is 0. The van der Waals surface area contributed by atoms with Crippen molar-refractivity contribution in [2.75, 3.05) is 13.2 Å². The number of rotatable bonds is 4. The fourth-order valence-corrected chi connectivity index (χ4v) is 1.57. The number of nitrogens with one attached hydrogen (secondary N) is 1. The summed E-state index contributed by atoms with van der Waals surface area (Å²) < 4.78 is 13.4. The van der Waals surface area contributed by atoms with E-state index < -0.39 is 30.5 Å². The monoisotopic (exact) mass is 305 g/mol. The lowest BCUT2D eigenvalue weighted by Gasteiger charge is -2.26. The highest BCUT2D eigenvalue weighted by Crippen LogP contribution is 2.18. The molecular weight excluding hydrogens is 293 g/mol. The summed E-state index contributed by atoms with van der Waals surface area (Å²) in [5.74, 6) is -1.10. The number of carbonyl (C=O) groups is 1. The Morgan fingerprint density at radius 1 is 1.47 bits per heavy atom. The first-order valence-electron chi connectivity index (χ1n) is 4.91. The van der Waals surface area contributed by atoms with E-state index in [2.05, 4.69) is 21.2 Å². The molecule has 1 amide bonds. The van der Waals surface area contributed by atoms with Crippen molar-refractivity contribution in [2.45, 2.75) is 12.5 Å². The molecule has 1 aromatic carbocycles. The molecule has 1 rings (SSSR count). The van der Waals surface area contributed by atoms with Gasteiger partial charge in [0.25, 0.3) is 5.91 Å². The SMILES string of the molecule is CC(CO)(CO)NC(=O)c1cc(F)ccc1Br. The molecule has 1 aromatic rings. The van der Waals surface area contributed by atoms with Crippen LogP contribution in [0, 0.1) is 5.82 Å². The van der Waals surface area contributed by atoms with Gasteiger partial charge in [0.15, 0.2) is 0 Å². The Hall–Kier alpha value is -0.980. The van der Waals surface area contributed by atoms with Gasteiger partial charge in [-0.15, -0.1) is 0 Å². The topological polar surface area (TPSA) is 69.6 Å². The normalized spacial score (nSPS) is 11.4. The third-order valence-corrected chi connectivity index (χ3v) is 2.98. The van der Waals surface area contributed by atoms with Gasteiger partial charge in [0.1, 0.15) is 5.82 Å². The zero-order valence-corrected chi connectivity index (χ0v) is 10.8. The third kappa shape index (κ3) is 3.49. The number of hydrogen-bond acceptors (Lipinski definition) is 3. The molecule has 0 atom stereocenters. The van der Waals surface area contributed by atoms with Crippen LogP contribution < -0.4 is 5.32 Å². The Balaban J connectivity index is 2.94. The lowest BCUT2D eigenvalue weighted by atomic mass is 10.0. The van der Waals surface area contributed by atoms with Crippen molar-refractivity contribution in [3.8, 4) is 0 Å². The standard InChI is InChI=1S/C11H13BrFNO3/c1-11(5-15,6-16)14-10(17)8-4-7(13)2-3-9(8)12/h2-4,15-16H,5-6H2,1H3,(H,14,17). The number of aliphatic hydroxyl groups is 2. The number of benzene rings is 1. The second-order valence-electron chi connectivity index (χ2n) is 3.96. The number of carbonyl (C=O) groups excluding carboxylic acids is 1. The molecule has 0 unspecified atom stereocenters. The highest BCUT2D eigenvalue weighted by atomic mass is 79.9. The molecule has 3 N–H and O–H groups in total. The van der Waals surface area contributed by atoms with E-state index in [1.165, 1.54) is 19.1 Å². The Labute approximate surface area is 107 Å². The van der Waals surface area contributed by atoms with Crippen molar-refractivity contribution in [3.05, 3.63) is 34.1 Å². The second-order valence-corrected chi connectivity index (χ2v) is 4.81. The summed E-state index contributed by atoms with van der Waals surface area (Å²) >= 11 is 3.13. The molecule has 0 aromatic heterocycles. The highest BCUT2D eigenvalue weighted by molar-refractivity contribution is 9.10. The molecule has 4 nitrogen and oxygen atoms in total. The van der Waals surface area contributed by atoms with Crippen LogP contribution in [0.15, 0.2) is 22.7 Å². The van der Waals surface area contributed by atoms with E-state index in [0.29, 0.717) is 4.47 Å². The van der Waals surface area contributed by atoms with Crippen LogP contribution in [0.4, 0.5) is 4.39 Å². The molecule has 17 heavy (non-hydrogen) atoms. The largest absolute Gasteiger partial charge is 0.394 e. The van der Waals surface area contributed by atoms with Crippen LogP contribution in [0.3, 0.4) is 0 Å². The molecule has 0 saturated carbocycles. The number of halogens is 2. The number of amides is 1. The zero-order chi connectivity index (χ0) is 13.1. The van der Waals surface area contributed by atoms with E-state index in [0.717, 1.165) is 6.07 Å². The van der Waals surface area contributed by atoms with Gasteiger partial charge in [-0.1, -0.05) is 0 Å². The maximum atomic E-state index is 13.0. The first-order valence-corrected chi connectivity index (χ1v) is 5.70. The van der Waals surface area contributed by atoms with Crippen LogP contribution in [-0.2, 0) is 0 Å². The second kappa shape index (κ2) is 5.57. The minimum absolute atomic E-state index is 0.109. The maximum absolute atomic E-state index is 13.0. The van der Waals surface area contributed by atoms with Gasteiger partial charge in [0.05, 0.1) is 24.3 Å². The van der Waals surface area contributed by atoms with Crippen LogP contribution in [0.25, 0.3) is 0 Å². The number of aliphatic hydroxyl groups excluding tert-OH is 2. The molecule has 0 aliphatic rings. The van der Waals surface area contributed by atoms with Gasteiger partial charge in [-0.05, 0) is 41.1 Å². The molecule has 0 bridgehead atoms. The molecule has 0 fully saturated rings. The fraction of sp³-hybridized carbons (Fsp3) is 0.364. The predicted molar refractivity (Wildman–Crippen MR) is 64.1 cm³/mol. The maximum Gasteiger partial charge on any atom is 0.253 e. The van der Waals surface area contributed by atoms with Crippen molar-refractivity contribution >= 4 is 21.8 Å². The van der Waals surface area contributed by atoms with Crippen LogP contribution in [0.5, 0.6) is 0 Å². The minimum atomic E-state index is -1.14. The van der Waals surface area contributed by atoms with Crippen molar-refractivity contribution in [3.63, 3.8) is 0 Å². The molecule has 0 aliphatic heterocycles. The summed E-state index contributed by atoms with van der Waals surface area (Å²) in [7, 11) is 0. The predicted octanol–water partition coefficient (Wildman–Crippen LogP) is 1.06. The molecule has 0 spiro atoms. The quantitative estimate of drug-likeness (QED) is 0.779. The van der Waals surface area contributed by atoms with E-state index in [-0.39, 0.29) is 5.56 Å². The smallest absolute Gasteiger partial charge is 0.253 e. The Morgan fingerprint density at radius 3 is 2.59 bits per heavy atom. The molecule has 0 heterocycles. The summed E-state index contributed by atoms with van der Waals surface area (Å²) in [6.45, 7) is 0.655. The highest BCUT2D eigenvalue weighted by Gasteiger charge is 2.26. The van der Waals surface area contributed by atoms with Crippen molar-refractivity contribution in [2.24, 2.45) is 0 Å². The summed E-state index contributed by atoms with van der Waals surface area (Å²) in [6, 6.07) is 3.71. The van der Waals surface area contributed by atoms with Crippen LogP contribution in [0.1, 0.15) is 17.3 Å². The zero-order valence-electron chi connectivity index (χ0n) is 9.20. The van der Waals surface area contributed by atoms with Gasteiger partial charge in [-0.2, -0.15) is 0 Å². The van der Waals surface area contributed by atoms with Gasteiger partial charge in [0, 0.05) is 4.47 Å². The Morgan fingerprint density at radius 2 is 2.06 bits per heavy atom. The first-order chi connectivity index (χ1) is 7.91. The van der Waals surface area contributed by atoms with Crippen molar-refractivity contribution < 1.29 is 19.4 Å². The molecular formula is C11H13BrFNO3. The molecule has 0 saturated heterocycles. The van der Waals surface area contributed by atoms with Crippen LogP contribution >= 0.6 is 15.9 Å². The van der Waals surface area contributed by atoms with Crippen LogP contribution in [0.2, 0.25) is 0 Å². The average molecular weight is 306 g/mol. The van der Waals surface area contributed by atoms with Gasteiger partial charge < -0.3 is 15.5 Å². The summed E-state index contributed by atoms with van der Waals surface area (Å²) in [5, 5.41) is 20.5. The molecule has 94 valence electrons. The fourth-order valence-electron chi connectivity index (χ4n) is 1.14. The molecule has 6 heteroatoms. The van der Waals surface area contributed by atoms with E-state index in [1.54, 1.807) is 0 Å². The average Bonchev–Trinajstić information content (AvgIpc) is 2.32. The molecule has 0 radical (unpaired) electrons. The summed E-state index contributed by atoms with van der Waals surface area (Å²) in [5.41, 5.74) is -1.03.